The van der Waals surface area contributed by atoms with Gasteiger partial charge >= 0.3 is 0 Å². The van der Waals surface area contributed by atoms with Crippen molar-refractivity contribution < 1.29 is 8.42 Å². The minimum absolute atomic E-state index is 0.348. The molecule has 3 nitrogen and oxygen atoms in total. The highest BCUT2D eigenvalue weighted by molar-refractivity contribution is 7.94. The van der Waals surface area contributed by atoms with E-state index in [-0.39, 0.29) is 0 Å². The van der Waals surface area contributed by atoms with E-state index >= 15 is 0 Å². The Morgan fingerprint density at radius 2 is 1.88 bits per heavy atom. The molecule has 0 heterocycles. The molecule has 94 valence electrons. The average molecular weight is 253 g/mol. The zero-order valence-electron chi connectivity index (χ0n) is 10.6. The molecule has 0 aliphatic rings. The molecule has 1 aromatic carbocycles. The van der Waals surface area contributed by atoms with Gasteiger partial charge in [0.15, 0.2) is 0 Å². The minimum Gasteiger partial charge on any atom is -0.377 e. The molecule has 4 heteroatoms. The van der Waals surface area contributed by atoms with Crippen molar-refractivity contribution in [2.24, 2.45) is 0 Å². The highest BCUT2D eigenvalue weighted by atomic mass is 32.2. The zero-order valence-corrected chi connectivity index (χ0v) is 11.4. The van der Waals surface area contributed by atoms with Crippen LogP contribution in [0.2, 0.25) is 0 Å². The highest BCUT2D eigenvalue weighted by Crippen LogP contribution is 2.14. The predicted octanol–water partition coefficient (Wildman–Crippen LogP) is 2.58. The maximum atomic E-state index is 12.0. The molecule has 1 rings (SSSR count). The second kappa shape index (κ2) is 5.87. The standard InChI is InChI=1S/C13H19NO2S/c1-4-14(5-2)9-10-17(15,16)13-8-6-7-12(3)11-13/h6-11H,4-5H2,1-3H3/b10-9+. The molecule has 0 saturated heterocycles. The van der Waals surface area contributed by atoms with Gasteiger partial charge in [0.2, 0.25) is 9.84 Å². The molecule has 17 heavy (non-hydrogen) atoms. The molecule has 0 N–H and O–H groups in total. The first-order valence-electron chi connectivity index (χ1n) is 5.73. The molecule has 0 aliphatic heterocycles. The second-order valence-electron chi connectivity index (χ2n) is 3.87. The van der Waals surface area contributed by atoms with Crippen LogP contribution in [0, 0.1) is 6.92 Å². The third-order valence-electron chi connectivity index (χ3n) is 2.58. The molecule has 0 aromatic heterocycles. The van der Waals surface area contributed by atoms with Crippen LogP contribution in [-0.4, -0.2) is 26.4 Å². The van der Waals surface area contributed by atoms with Crippen molar-refractivity contribution in [1.82, 2.24) is 4.90 Å². The van der Waals surface area contributed by atoms with E-state index in [1.54, 1.807) is 24.4 Å². The third kappa shape index (κ3) is 3.89. The van der Waals surface area contributed by atoms with Crippen LogP contribution < -0.4 is 0 Å². The summed E-state index contributed by atoms with van der Waals surface area (Å²) in [6.07, 6.45) is 1.64. The molecule has 0 radical (unpaired) electrons. The van der Waals surface area contributed by atoms with Crippen LogP contribution in [0.3, 0.4) is 0 Å². The average Bonchev–Trinajstić information content (AvgIpc) is 2.30. The lowest BCUT2D eigenvalue weighted by molar-refractivity contribution is 0.419. The van der Waals surface area contributed by atoms with Crippen LogP contribution in [0.1, 0.15) is 19.4 Å². The van der Waals surface area contributed by atoms with Gasteiger partial charge in [-0.05, 0) is 38.5 Å². The molecule has 1 aromatic rings. The first-order chi connectivity index (χ1) is 7.99. The van der Waals surface area contributed by atoms with Gasteiger partial charge in [0.1, 0.15) is 0 Å². The summed E-state index contributed by atoms with van der Waals surface area (Å²) >= 11 is 0. The lowest BCUT2D eigenvalue weighted by Gasteiger charge is -2.14. The summed E-state index contributed by atoms with van der Waals surface area (Å²) < 4.78 is 24.0. The Labute approximate surface area is 104 Å². The summed E-state index contributed by atoms with van der Waals surface area (Å²) in [6.45, 7) is 7.47. The SMILES string of the molecule is CCN(/C=C/S(=O)(=O)c1cccc(C)c1)CC. The normalized spacial score (nSPS) is 11.9. The van der Waals surface area contributed by atoms with E-state index in [1.807, 2.05) is 31.7 Å². The van der Waals surface area contributed by atoms with Crippen molar-refractivity contribution >= 4 is 9.84 Å². The van der Waals surface area contributed by atoms with Crippen LogP contribution in [0.4, 0.5) is 0 Å². The van der Waals surface area contributed by atoms with Gasteiger partial charge in [0.05, 0.1) is 10.3 Å². The van der Waals surface area contributed by atoms with Gasteiger partial charge in [-0.2, -0.15) is 0 Å². The quantitative estimate of drug-likeness (QED) is 0.809. The van der Waals surface area contributed by atoms with Crippen LogP contribution in [0.5, 0.6) is 0 Å². The van der Waals surface area contributed by atoms with E-state index in [0.29, 0.717) is 4.90 Å². The molecule has 0 bridgehead atoms. The Bertz CT molecular complexity index is 488. The van der Waals surface area contributed by atoms with Crippen molar-refractivity contribution in [2.45, 2.75) is 25.7 Å². The molecule has 0 spiro atoms. The van der Waals surface area contributed by atoms with Gasteiger partial charge < -0.3 is 4.90 Å². The maximum absolute atomic E-state index is 12.0. The van der Waals surface area contributed by atoms with Gasteiger partial charge in [-0.1, -0.05) is 12.1 Å². The van der Waals surface area contributed by atoms with Crippen molar-refractivity contribution in [1.29, 1.82) is 0 Å². The first-order valence-corrected chi connectivity index (χ1v) is 7.28. The number of benzene rings is 1. The smallest absolute Gasteiger partial charge is 0.201 e. The summed E-state index contributed by atoms with van der Waals surface area (Å²) in [5, 5.41) is 1.27. The molecule has 0 saturated carbocycles. The molecular formula is C13H19NO2S. The topological polar surface area (TPSA) is 37.4 Å². The number of sulfone groups is 1. The van der Waals surface area contributed by atoms with Crippen molar-refractivity contribution in [3.63, 3.8) is 0 Å². The molecular weight excluding hydrogens is 234 g/mol. The van der Waals surface area contributed by atoms with E-state index in [0.717, 1.165) is 18.7 Å². The van der Waals surface area contributed by atoms with E-state index in [2.05, 4.69) is 0 Å². The fourth-order valence-corrected chi connectivity index (χ4v) is 2.58. The largest absolute Gasteiger partial charge is 0.377 e. The summed E-state index contributed by atoms with van der Waals surface area (Å²) in [5.41, 5.74) is 0.947. The van der Waals surface area contributed by atoms with Crippen molar-refractivity contribution in [2.75, 3.05) is 13.1 Å². The molecule has 0 aliphatic carbocycles. The van der Waals surface area contributed by atoms with Gasteiger partial charge in [0.25, 0.3) is 0 Å². The van der Waals surface area contributed by atoms with Crippen LogP contribution in [0.15, 0.2) is 40.8 Å². The lowest BCUT2D eigenvalue weighted by atomic mass is 10.2. The number of nitrogens with zero attached hydrogens (tertiary/aromatic N) is 1. The Kier molecular flexibility index (Phi) is 4.75. The maximum Gasteiger partial charge on any atom is 0.201 e. The fourth-order valence-electron chi connectivity index (χ4n) is 1.47. The molecule has 0 atom stereocenters. The first kappa shape index (κ1) is 13.8. The number of rotatable bonds is 5. The predicted molar refractivity (Wildman–Crippen MR) is 70.4 cm³/mol. The molecule has 0 unspecified atom stereocenters. The summed E-state index contributed by atoms with van der Waals surface area (Å²) in [7, 11) is -3.32. The number of aryl methyl sites for hydroxylation is 1. The number of hydrogen-bond donors (Lipinski definition) is 0. The monoisotopic (exact) mass is 253 g/mol. The van der Waals surface area contributed by atoms with Crippen LogP contribution in [0.25, 0.3) is 0 Å². The van der Waals surface area contributed by atoms with E-state index < -0.39 is 9.84 Å². The van der Waals surface area contributed by atoms with Crippen LogP contribution in [-0.2, 0) is 9.84 Å². The summed E-state index contributed by atoms with van der Waals surface area (Å²) in [6, 6.07) is 6.94. The van der Waals surface area contributed by atoms with Gasteiger partial charge in [-0.25, -0.2) is 8.42 Å². The zero-order chi connectivity index (χ0) is 12.9. The number of hydrogen-bond acceptors (Lipinski definition) is 3. The Morgan fingerprint density at radius 1 is 1.24 bits per heavy atom. The van der Waals surface area contributed by atoms with E-state index in [1.165, 1.54) is 5.41 Å². The summed E-state index contributed by atoms with van der Waals surface area (Å²) in [4.78, 5) is 2.29. The molecule has 0 amide bonds. The van der Waals surface area contributed by atoms with Gasteiger partial charge in [-0.3, -0.25) is 0 Å². The highest BCUT2D eigenvalue weighted by Gasteiger charge is 2.10. The van der Waals surface area contributed by atoms with Crippen molar-refractivity contribution in [3.05, 3.63) is 41.4 Å². The third-order valence-corrected chi connectivity index (χ3v) is 3.97. The fraction of sp³-hybridized carbons (Fsp3) is 0.385. The minimum atomic E-state index is -3.32. The van der Waals surface area contributed by atoms with E-state index in [4.69, 9.17) is 0 Å². The Morgan fingerprint density at radius 3 is 2.41 bits per heavy atom. The van der Waals surface area contributed by atoms with Crippen molar-refractivity contribution in [3.8, 4) is 0 Å². The molecule has 0 fully saturated rings. The lowest BCUT2D eigenvalue weighted by Crippen LogP contribution is -2.15. The second-order valence-corrected chi connectivity index (χ2v) is 5.70. The van der Waals surface area contributed by atoms with E-state index in [9.17, 15) is 8.42 Å². The Balaban J connectivity index is 2.97. The summed E-state index contributed by atoms with van der Waals surface area (Å²) in [5.74, 6) is 0. The Hall–Kier alpha value is -1.29. The van der Waals surface area contributed by atoms with Crippen LogP contribution >= 0.6 is 0 Å². The van der Waals surface area contributed by atoms with Gasteiger partial charge in [-0.15, -0.1) is 0 Å². The van der Waals surface area contributed by atoms with Gasteiger partial charge in [0, 0.05) is 19.3 Å².